The molecular formula is C13H15BrO4. The van der Waals surface area contributed by atoms with E-state index in [4.69, 9.17) is 0 Å². The van der Waals surface area contributed by atoms with Crippen LogP contribution in [-0.4, -0.2) is 26.2 Å². The summed E-state index contributed by atoms with van der Waals surface area (Å²) >= 11 is 3.38. The molecule has 18 heavy (non-hydrogen) atoms. The topological polar surface area (TPSA) is 52.6 Å². The average molecular weight is 315 g/mol. The monoisotopic (exact) mass is 314 g/mol. The van der Waals surface area contributed by atoms with Crippen LogP contribution in [0.3, 0.4) is 0 Å². The molecule has 0 aliphatic rings. The molecule has 0 N–H and O–H groups in total. The Balaban J connectivity index is 2.74. The van der Waals surface area contributed by atoms with Crippen LogP contribution in [0.25, 0.3) is 0 Å². The van der Waals surface area contributed by atoms with Crippen LogP contribution in [0.5, 0.6) is 0 Å². The quantitative estimate of drug-likeness (QED) is 0.782. The zero-order chi connectivity index (χ0) is 13.5. The fraction of sp³-hybridized carbons (Fsp3) is 0.385. The zero-order valence-electron chi connectivity index (χ0n) is 10.4. The minimum atomic E-state index is -0.291. The molecule has 0 aromatic heterocycles. The maximum Gasteiger partial charge on any atom is 0.310 e. The number of aryl methyl sites for hydroxylation is 1. The highest BCUT2D eigenvalue weighted by molar-refractivity contribution is 9.10. The van der Waals surface area contributed by atoms with Crippen molar-refractivity contribution in [1.29, 1.82) is 0 Å². The number of halogens is 1. The Hall–Kier alpha value is -1.36. The Morgan fingerprint density at radius 2 is 1.83 bits per heavy atom. The number of esters is 2. The van der Waals surface area contributed by atoms with Gasteiger partial charge in [0.05, 0.1) is 20.6 Å². The standard InChI is InChI=1S/C13H15BrO4/c1-17-12(15)6-4-9-3-5-11(14)10(7-9)8-13(16)18-2/h3,5,7H,4,6,8H2,1-2H3. The van der Waals surface area contributed by atoms with Crippen LogP contribution in [0, 0.1) is 0 Å². The molecule has 4 nitrogen and oxygen atoms in total. The third kappa shape index (κ3) is 4.49. The van der Waals surface area contributed by atoms with Crippen LogP contribution in [0.2, 0.25) is 0 Å². The zero-order valence-corrected chi connectivity index (χ0v) is 12.0. The number of carbonyl (C=O) groups is 2. The highest BCUT2D eigenvalue weighted by atomic mass is 79.9. The summed E-state index contributed by atoms with van der Waals surface area (Å²) in [7, 11) is 2.73. The molecule has 1 aromatic carbocycles. The highest BCUT2D eigenvalue weighted by Crippen LogP contribution is 2.20. The van der Waals surface area contributed by atoms with E-state index in [1.54, 1.807) is 0 Å². The number of methoxy groups -OCH3 is 2. The van der Waals surface area contributed by atoms with Crippen LogP contribution >= 0.6 is 15.9 Å². The van der Waals surface area contributed by atoms with Gasteiger partial charge in [0.2, 0.25) is 0 Å². The predicted molar refractivity (Wildman–Crippen MR) is 70.2 cm³/mol. The number of rotatable bonds is 5. The van der Waals surface area contributed by atoms with Crippen molar-refractivity contribution in [1.82, 2.24) is 0 Å². The Labute approximate surface area is 114 Å². The SMILES string of the molecule is COC(=O)CCc1ccc(Br)c(CC(=O)OC)c1. The lowest BCUT2D eigenvalue weighted by atomic mass is 10.0. The molecular weight excluding hydrogens is 300 g/mol. The first-order chi connectivity index (χ1) is 8.56. The van der Waals surface area contributed by atoms with Gasteiger partial charge in [-0.2, -0.15) is 0 Å². The molecule has 0 amide bonds. The fourth-order valence-electron chi connectivity index (χ4n) is 1.50. The summed E-state index contributed by atoms with van der Waals surface area (Å²) in [5.41, 5.74) is 1.84. The van der Waals surface area contributed by atoms with Crippen molar-refractivity contribution in [2.24, 2.45) is 0 Å². The molecule has 0 atom stereocenters. The van der Waals surface area contributed by atoms with Crippen LogP contribution in [-0.2, 0) is 31.9 Å². The molecule has 0 spiro atoms. The second-order valence-corrected chi connectivity index (χ2v) is 4.61. The van der Waals surface area contributed by atoms with Gasteiger partial charge in [0.15, 0.2) is 0 Å². The van der Waals surface area contributed by atoms with Gasteiger partial charge in [-0.1, -0.05) is 28.1 Å². The van der Waals surface area contributed by atoms with Gasteiger partial charge in [-0.3, -0.25) is 9.59 Å². The Morgan fingerprint density at radius 1 is 1.17 bits per heavy atom. The van der Waals surface area contributed by atoms with Crippen molar-refractivity contribution >= 4 is 27.9 Å². The molecule has 0 aliphatic carbocycles. The molecule has 98 valence electrons. The highest BCUT2D eigenvalue weighted by Gasteiger charge is 2.09. The van der Waals surface area contributed by atoms with Crippen LogP contribution in [0.15, 0.2) is 22.7 Å². The molecule has 0 radical (unpaired) electrons. The van der Waals surface area contributed by atoms with Crippen molar-refractivity contribution < 1.29 is 19.1 Å². The first kappa shape index (κ1) is 14.7. The predicted octanol–water partition coefficient (Wildman–Crippen LogP) is 2.27. The van der Waals surface area contributed by atoms with Gasteiger partial charge >= 0.3 is 11.9 Å². The van der Waals surface area contributed by atoms with Gasteiger partial charge in [-0.05, 0) is 23.6 Å². The second kappa shape index (κ2) is 7.16. The van der Waals surface area contributed by atoms with Gasteiger partial charge in [0.1, 0.15) is 0 Å². The largest absolute Gasteiger partial charge is 0.469 e. The van der Waals surface area contributed by atoms with E-state index in [0.717, 1.165) is 15.6 Å². The molecule has 0 bridgehead atoms. The number of benzene rings is 1. The number of carbonyl (C=O) groups excluding carboxylic acids is 2. The maximum absolute atomic E-state index is 11.2. The fourth-order valence-corrected chi connectivity index (χ4v) is 1.88. The van der Waals surface area contributed by atoms with Crippen LogP contribution in [0.1, 0.15) is 17.5 Å². The van der Waals surface area contributed by atoms with E-state index >= 15 is 0 Å². The minimum Gasteiger partial charge on any atom is -0.469 e. The number of hydrogen-bond donors (Lipinski definition) is 0. The van der Waals surface area contributed by atoms with E-state index in [1.165, 1.54) is 14.2 Å². The minimum absolute atomic E-state index is 0.211. The summed E-state index contributed by atoms with van der Waals surface area (Å²) in [5.74, 6) is -0.534. The first-order valence-corrected chi connectivity index (χ1v) is 6.27. The van der Waals surface area contributed by atoms with Crippen molar-refractivity contribution in [2.75, 3.05) is 14.2 Å². The smallest absolute Gasteiger partial charge is 0.310 e. The summed E-state index contributed by atoms with van der Waals surface area (Å²) in [6, 6.07) is 5.67. The summed E-state index contributed by atoms with van der Waals surface area (Å²) in [6.45, 7) is 0. The average Bonchev–Trinajstić information content (AvgIpc) is 2.38. The molecule has 1 rings (SSSR count). The molecule has 0 saturated carbocycles. The van der Waals surface area contributed by atoms with Crippen molar-refractivity contribution in [3.63, 3.8) is 0 Å². The van der Waals surface area contributed by atoms with Gasteiger partial charge < -0.3 is 9.47 Å². The van der Waals surface area contributed by atoms with Crippen molar-refractivity contribution in [2.45, 2.75) is 19.3 Å². The van der Waals surface area contributed by atoms with Crippen molar-refractivity contribution in [3.8, 4) is 0 Å². The Morgan fingerprint density at radius 3 is 2.44 bits per heavy atom. The molecule has 0 aliphatic heterocycles. The van der Waals surface area contributed by atoms with E-state index in [9.17, 15) is 9.59 Å². The third-order valence-corrected chi connectivity index (χ3v) is 3.29. The van der Waals surface area contributed by atoms with E-state index in [1.807, 2.05) is 18.2 Å². The summed E-state index contributed by atoms with van der Waals surface area (Å²) < 4.78 is 10.1. The number of ether oxygens (including phenoxy) is 2. The number of hydrogen-bond acceptors (Lipinski definition) is 4. The maximum atomic E-state index is 11.2. The van der Waals surface area contributed by atoms with E-state index < -0.39 is 0 Å². The summed E-state index contributed by atoms with van der Waals surface area (Å²) in [4.78, 5) is 22.3. The molecule has 1 aromatic rings. The van der Waals surface area contributed by atoms with Gasteiger partial charge in [-0.25, -0.2) is 0 Å². The lowest BCUT2D eigenvalue weighted by molar-refractivity contribution is -0.141. The molecule has 0 heterocycles. The van der Waals surface area contributed by atoms with Gasteiger partial charge in [0.25, 0.3) is 0 Å². The van der Waals surface area contributed by atoms with Crippen LogP contribution in [0.4, 0.5) is 0 Å². The van der Waals surface area contributed by atoms with E-state index in [-0.39, 0.29) is 18.4 Å². The Bertz CT molecular complexity index is 443. The summed E-state index contributed by atoms with van der Waals surface area (Å²) in [5, 5.41) is 0. The van der Waals surface area contributed by atoms with Crippen molar-refractivity contribution in [3.05, 3.63) is 33.8 Å². The molecule has 0 fully saturated rings. The third-order valence-electron chi connectivity index (χ3n) is 2.52. The second-order valence-electron chi connectivity index (χ2n) is 3.75. The van der Waals surface area contributed by atoms with E-state index in [2.05, 4.69) is 25.4 Å². The lowest BCUT2D eigenvalue weighted by Crippen LogP contribution is -2.06. The van der Waals surface area contributed by atoms with Gasteiger partial charge in [0, 0.05) is 10.9 Å². The van der Waals surface area contributed by atoms with Crippen LogP contribution < -0.4 is 0 Å². The first-order valence-electron chi connectivity index (χ1n) is 5.47. The molecule has 0 saturated heterocycles. The molecule has 5 heteroatoms. The summed E-state index contributed by atoms with van der Waals surface area (Å²) in [6.07, 6.45) is 1.13. The molecule has 0 unspecified atom stereocenters. The Kier molecular flexibility index (Phi) is 5.85. The van der Waals surface area contributed by atoms with Gasteiger partial charge in [-0.15, -0.1) is 0 Å². The van der Waals surface area contributed by atoms with E-state index in [0.29, 0.717) is 12.8 Å². The lowest BCUT2D eigenvalue weighted by Gasteiger charge is -2.07. The normalized spacial score (nSPS) is 9.94.